The summed E-state index contributed by atoms with van der Waals surface area (Å²) in [5.74, 6) is -0.706. The number of rotatable bonds is 8. The van der Waals surface area contributed by atoms with Crippen molar-refractivity contribution in [1.82, 2.24) is 19.9 Å². The zero-order valence-electron chi connectivity index (χ0n) is 50.4. The van der Waals surface area contributed by atoms with Gasteiger partial charge in [-0.1, -0.05) is 194 Å². The van der Waals surface area contributed by atoms with Crippen LogP contribution >= 0.6 is 50.8 Å². The van der Waals surface area contributed by atoms with Crippen molar-refractivity contribution in [2.45, 2.75) is 89.0 Å². The van der Waals surface area contributed by atoms with E-state index in [0.717, 1.165) is 78.3 Å². The molecule has 3 saturated heterocycles. The van der Waals surface area contributed by atoms with E-state index in [1.54, 1.807) is 6.20 Å². The Bertz CT molecular complexity index is 3510. The summed E-state index contributed by atoms with van der Waals surface area (Å²) in [7, 11) is 8.52. The van der Waals surface area contributed by atoms with Crippen molar-refractivity contribution in [3.8, 4) is 0 Å². The fraction of sp³-hybridized carbons (Fsp3) is 0.250. The minimum atomic E-state index is -0.446. The van der Waals surface area contributed by atoms with Crippen LogP contribution in [0.5, 0.6) is 0 Å². The first-order valence-electron chi connectivity index (χ1n) is 29.9. The first kappa shape index (κ1) is 66.5. The molecule has 0 bridgehead atoms. The van der Waals surface area contributed by atoms with Crippen LogP contribution < -0.4 is 31.8 Å². The minimum absolute atomic E-state index is 0.106. The van der Waals surface area contributed by atoms with Crippen LogP contribution in [-0.4, -0.2) is 76.3 Å². The maximum atomic E-state index is 6.08. The van der Waals surface area contributed by atoms with E-state index in [1.165, 1.54) is 48.4 Å². The number of nitrogens with zero attached hydrogens (tertiary/aromatic N) is 2. The Morgan fingerprint density at radius 3 is 1.17 bits per heavy atom. The summed E-state index contributed by atoms with van der Waals surface area (Å²) in [6.45, 7) is 11.2. The van der Waals surface area contributed by atoms with Crippen molar-refractivity contribution < 1.29 is 44.2 Å². The zero-order chi connectivity index (χ0) is 61.9. The van der Waals surface area contributed by atoms with Gasteiger partial charge in [-0.3, -0.25) is 0 Å². The Hall–Kier alpha value is -5.41. The van der Waals surface area contributed by atoms with E-state index in [2.05, 4.69) is 270 Å². The first-order chi connectivity index (χ1) is 43.4. The maximum absolute atomic E-state index is 6.08. The van der Waals surface area contributed by atoms with Gasteiger partial charge in [-0.05, 0) is 145 Å². The molecule has 0 amide bonds. The topological polar surface area (TPSA) is 113 Å². The number of hydrogen-bond acceptors (Lipinski definition) is 8. The molecule has 2 aliphatic carbocycles. The summed E-state index contributed by atoms with van der Waals surface area (Å²) in [5, 5.41) is 10.7. The van der Waals surface area contributed by atoms with Gasteiger partial charge in [0.15, 0.2) is 11.6 Å². The standard InChI is InChI=1S/2C18H15P.C15H16N2O2.C14H23BO4.C7H5BrN2.2ClH.Pd/c2*1-4-10-16(11-5-1)19(17-12-6-2-7-13-17)18-14-8-3-9-15-18;1-4-15(18-7-8-19-15)5-2-11(1)13-9-12-3-6-16-14(12)17-10-13;1-12(2)13(3,4)19-15(18-12)11-5-7-14(8-6-11)16-9-10-17-14;8-6-3-5-1-2-9-7(5)10-4-6;;;/h2*1-15H;1,3,6,9-10H,2,4-5,7-8H2,(H,16,17);5H,6-10H2,1-4H3;1-4H,(H,9,10);2*1H;/q;;;;;;;+2/p-2. The fourth-order valence-electron chi connectivity index (χ4n) is 11.0. The number of ether oxygens (including phenoxy) is 4. The number of aromatic amines is 2. The number of H-pyrrole nitrogens is 2. The third-order valence-corrected chi connectivity index (χ3v) is 21.6. The van der Waals surface area contributed by atoms with E-state index in [9.17, 15) is 0 Å². The Morgan fingerprint density at radius 2 is 0.820 bits per heavy atom. The number of benzene rings is 6. The molecule has 462 valence electrons. The monoisotopic (exact) mass is 1420 g/mol. The van der Waals surface area contributed by atoms with Crippen molar-refractivity contribution in [2.24, 2.45) is 0 Å². The maximum Gasteiger partial charge on any atom is -0.0134 e. The smallest absolute Gasteiger partial charge is 0.0134 e. The molecule has 0 atom stereocenters. The molecule has 15 rings (SSSR count). The van der Waals surface area contributed by atoms with E-state index in [4.69, 9.17) is 47.3 Å². The zero-order valence-corrected chi connectivity index (χ0v) is 56.9. The molecule has 10 aromatic rings. The van der Waals surface area contributed by atoms with Crippen molar-refractivity contribution in [2.75, 3.05) is 26.4 Å². The number of nitrogens with one attached hydrogen (secondary N) is 2. The van der Waals surface area contributed by atoms with Gasteiger partial charge in [-0.2, -0.15) is 0 Å². The van der Waals surface area contributed by atoms with E-state index in [1.807, 2.05) is 30.7 Å². The van der Waals surface area contributed by atoms with Gasteiger partial charge in [0.05, 0.1) is 37.6 Å². The molecule has 3 aliphatic heterocycles. The molecule has 7 heterocycles. The van der Waals surface area contributed by atoms with Crippen LogP contribution in [0, 0.1) is 0 Å². The SMILES string of the molecule is Brc1cnc2[nH]ccc2c1.C1=C(c2cnc3[nH]ccc3c2)CCC2(C1)OCCO2.CC1(C)OB(C2=CCC3(CC2)OCCO3)OC1(C)C.[Cl][Pd][Cl].c1ccc(P(c2ccccc2)c2ccccc2)cc1.c1ccc(P(c2ccccc2)c2ccccc2)cc1. The van der Waals surface area contributed by atoms with Crippen LogP contribution in [-0.2, 0) is 44.2 Å². The molecule has 5 aliphatic rings. The number of pyridine rings is 2. The van der Waals surface area contributed by atoms with Crippen molar-refractivity contribution in [1.29, 1.82) is 0 Å². The van der Waals surface area contributed by atoms with E-state index in [0.29, 0.717) is 13.2 Å². The van der Waals surface area contributed by atoms with Gasteiger partial charge >= 0.3 is 42.1 Å². The van der Waals surface area contributed by atoms with E-state index >= 15 is 0 Å². The summed E-state index contributed by atoms with van der Waals surface area (Å²) >= 11 is 3.24. The van der Waals surface area contributed by atoms with Crippen LogP contribution in [0.4, 0.5) is 0 Å². The second-order valence-corrected chi connectivity index (χ2v) is 30.4. The second-order valence-electron chi connectivity index (χ2n) is 22.7. The fourth-order valence-corrected chi connectivity index (χ4v) is 16.0. The van der Waals surface area contributed by atoms with Gasteiger partial charge in [-0.15, -0.1) is 0 Å². The predicted molar refractivity (Wildman–Crippen MR) is 371 cm³/mol. The molecule has 0 radical (unpaired) electrons. The summed E-state index contributed by atoms with van der Waals surface area (Å²) in [6, 6.07) is 72.9. The largest absolute Gasteiger partial charge is 0.0622 e. The molecule has 6 aromatic carbocycles. The number of halogens is 3. The molecule has 10 nitrogen and oxygen atoms in total. The second kappa shape index (κ2) is 32.2. The third kappa shape index (κ3) is 17.8. The molecular formula is C72H74BBrCl2N4O6P2Pd. The number of aromatic nitrogens is 4. The van der Waals surface area contributed by atoms with Gasteiger partial charge in [0, 0.05) is 65.7 Å². The van der Waals surface area contributed by atoms with Crippen molar-refractivity contribution >= 4 is 117 Å². The summed E-state index contributed by atoms with van der Waals surface area (Å²) in [5.41, 5.74) is 5.12. The Morgan fingerprint density at radius 1 is 0.472 bits per heavy atom. The van der Waals surface area contributed by atoms with Gasteiger partial charge in [0.25, 0.3) is 0 Å². The van der Waals surface area contributed by atoms with Gasteiger partial charge in [0.1, 0.15) is 11.3 Å². The van der Waals surface area contributed by atoms with Gasteiger partial charge in [-0.25, -0.2) is 9.97 Å². The van der Waals surface area contributed by atoms with E-state index < -0.39 is 15.8 Å². The molecule has 89 heavy (non-hydrogen) atoms. The van der Waals surface area contributed by atoms with Crippen LogP contribution in [0.2, 0.25) is 0 Å². The Kier molecular flexibility index (Phi) is 24.1. The quantitative estimate of drug-likeness (QED) is 0.114. The molecule has 2 spiro atoms. The average Bonchev–Trinajstić information content (AvgIpc) is 1.82. The molecule has 17 heteroatoms. The Labute approximate surface area is 551 Å². The number of fused-ring (bicyclic) bond motifs is 2. The first-order valence-corrected chi connectivity index (χ1v) is 37.4. The predicted octanol–water partition coefficient (Wildman–Crippen LogP) is 15.9. The third-order valence-electron chi connectivity index (χ3n) is 16.3. The summed E-state index contributed by atoms with van der Waals surface area (Å²) in [6.07, 6.45) is 17.3. The van der Waals surface area contributed by atoms with Crippen LogP contribution in [0.25, 0.3) is 27.6 Å². The number of hydrogen-bond donors (Lipinski definition) is 2. The minimum Gasteiger partial charge on any atom is -0.0622 e. The van der Waals surface area contributed by atoms with E-state index in [-0.39, 0.29) is 45.8 Å². The van der Waals surface area contributed by atoms with Crippen LogP contribution in [0.15, 0.2) is 253 Å². The summed E-state index contributed by atoms with van der Waals surface area (Å²) < 4.78 is 36.1. The van der Waals surface area contributed by atoms with Gasteiger partial charge in [0.2, 0.25) is 0 Å². The van der Waals surface area contributed by atoms with Crippen LogP contribution in [0.3, 0.4) is 0 Å². The van der Waals surface area contributed by atoms with Crippen molar-refractivity contribution in [3.63, 3.8) is 0 Å². The summed E-state index contributed by atoms with van der Waals surface area (Å²) in [4.78, 5) is 14.7. The Balaban J connectivity index is 0.000000123. The molecule has 0 unspecified atom stereocenters. The molecule has 0 saturated carbocycles. The van der Waals surface area contributed by atoms with Crippen LogP contribution in [0.1, 0.15) is 71.8 Å². The number of allylic oxidation sites excluding steroid dienone is 2. The average molecular weight is 1420 g/mol. The molecule has 2 N–H and O–H groups in total. The van der Waals surface area contributed by atoms with Crippen molar-refractivity contribution in [3.05, 3.63) is 259 Å². The molecular weight excluding hydrogens is 1350 g/mol. The van der Waals surface area contributed by atoms with Gasteiger partial charge < -0.3 is 38.2 Å². The molecule has 3 fully saturated rings. The molecule has 4 aromatic heterocycles. The normalized spacial score (nSPS) is 17.4.